The number of benzene rings is 2. The van der Waals surface area contributed by atoms with Crippen molar-refractivity contribution in [3.05, 3.63) is 95.2 Å². The summed E-state index contributed by atoms with van der Waals surface area (Å²) in [6, 6.07) is 22.0. The van der Waals surface area contributed by atoms with Crippen LogP contribution in [0.5, 0.6) is 0 Å². The predicted molar refractivity (Wildman–Crippen MR) is 147 cm³/mol. The molecule has 3 heterocycles. The fourth-order valence-electron chi connectivity index (χ4n) is 6.34. The molecule has 38 heavy (non-hydrogen) atoms. The molecule has 1 amide bonds. The lowest BCUT2D eigenvalue weighted by Gasteiger charge is -2.41. The van der Waals surface area contributed by atoms with Crippen LogP contribution in [0.4, 0.5) is 0 Å². The SMILES string of the molecule is O=C([C@@H]1CCCC[C@H]1c1ccccc1)N1CCC(O)(Cn2cnc3c(ccn3-c3ccccc3)c2=O)CC1. The number of fused-ring (bicyclic) bond motifs is 1. The average molecular weight is 511 g/mol. The Kier molecular flexibility index (Phi) is 6.62. The third-order valence-corrected chi connectivity index (χ3v) is 8.49. The predicted octanol–water partition coefficient (Wildman–Crippen LogP) is 4.51. The zero-order valence-corrected chi connectivity index (χ0v) is 21.6. The molecule has 2 aromatic carbocycles. The molecule has 1 aliphatic heterocycles. The first kappa shape index (κ1) is 24.6. The van der Waals surface area contributed by atoms with E-state index in [1.165, 1.54) is 16.5 Å². The number of piperidine rings is 1. The van der Waals surface area contributed by atoms with Crippen LogP contribution in [0.1, 0.15) is 50.0 Å². The number of amides is 1. The maximum Gasteiger partial charge on any atom is 0.262 e. The molecule has 2 atom stereocenters. The van der Waals surface area contributed by atoms with Crippen molar-refractivity contribution in [2.24, 2.45) is 5.92 Å². The minimum atomic E-state index is -1.05. The van der Waals surface area contributed by atoms with Crippen molar-refractivity contribution in [3.8, 4) is 5.69 Å². The quantitative estimate of drug-likeness (QED) is 0.428. The summed E-state index contributed by atoms with van der Waals surface area (Å²) >= 11 is 0. The van der Waals surface area contributed by atoms with E-state index in [0.717, 1.165) is 31.4 Å². The van der Waals surface area contributed by atoms with Gasteiger partial charge in [0.05, 0.1) is 17.5 Å². The minimum Gasteiger partial charge on any atom is -0.388 e. The van der Waals surface area contributed by atoms with Gasteiger partial charge in [-0.1, -0.05) is 61.4 Å². The van der Waals surface area contributed by atoms with E-state index >= 15 is 0 Å². The van der Waals surface area contributed by atoms with E-state index in [4.69, 9.17) is 0 Å². The van der Waals surface area contributed by atoms with E-state index in [2.05, 4.69) is 29.2 Å². The van der Waals surface area contributed by atoms with E-state index in [1.54, 1.807) is 6.07 Å². The Bertz CT molecular complexity index is 1470. The Labute approximate surface area is 222 Å². The molecule has 2 aromatic heterocycles. The molecule has 1 aliphatic carbocycles. The van der Waals surface area contributed by atoms with Gasteiger partial charge in [0, 0.05) is 30.9 Å². The van der Waals surface area contributed by atoms with Crippen molar-refractivity contribution in [1.29, 1.82) is 0 Å². The van der Waals surface area contributed by atoms with Gasteiger partial charge in [-0.25, -0.2) is 4.98 Å². The Morgan fingerprint density at radius 2 is 1.63 bits per heavy atom. The van der Waals surface area contributed by atoms with Gasteiger partial charge < -0.3 is 14.6 Å². The van der Waals surface area contributed by atoms with Crippen molar-refractivity contribution in [1.82, 2.24) is 19.0 Å². The second kappa shape index (κ2) is 10.2. The summed E-state index contributed by atoms with van der Waals surface area (Å²) in [5.74, 6) is 0.473. The van der Waals surface area contributed by atoms with Gasteiger partial charge in [0.15, 0.2) is 5.65 Å². The Balaban J connectivity index is 1.15. The largest absolute Gasteiger partial charge is 0.388 e. The number of hydrogen-bond acceptors (Lipinski definition) is 4. The molecule has 0 unspecified atom stereocenters. The van der Waals surface area contributed by atoms with Crippen LogP contribution in [0.15, 0.2) is 84.0 Å². The third kappa shape index (κ3) is 4.67. The van der Waals surface area contributed by atoms with E-state index in [9.17, 15) is 14.7 Å². The maximum atomic E-state index is 13.6. The maximum absolute atomic E-state index is 13.6. The van der Waals surface area contributed by atoms with Gasteiger partial charge in [-0.05, 0) is 55.4 Å². The smallest absolute Gasteiger partial charge is 0.262 e. The Morgan fingerprint density at radius 3 is 2.37 bits per heavy atom. The molecular weight excluding hydrogens is 476 g/mol. The summed E-state index contributed by atoms with van der Waals surface area (Å²) in [5.41, 5.74) is 1.58. The molecule has 6 rings (SSSR count). The van der Waals surface area contributed by atoms with Gasteiger partial charge in [-0.2, -0.15) is 0 Å². The van der Waals surface area contributed by atoms with Crippen LogP contribution in [0.3, 0.4) is 0 Å². The summed E-state index contributed by atoms with van der Waals surface area (Å²) in [4.78, 5) is 33.4. The zero-order chi connectivity index (χ0) is 26.1. The number of likely N-dealkylation sites (tertiary alicyclic amines) is 1. The number of aliphatic hydroxyl groups is 1. The Hall–Kier alpha value is -3.71. The Morgan fingerprint density at radius 1 is 0.947 bits per heavy atom. The number of carbonyl (C=O) groups excluding carboxylic acids is 1. The van der Waals surface area contributed by atoms with Gasteiger partial charge in [0.2, 0.25) is 5.91 Å². The molecule has 2 fully saturated rings. The number of rotatable bonds is 5. The number of carbonyl (C=O) groups is 1. The molecule has 1 N–H and O–H groups in total. The molecule has 196 valence electrons. The van der Waals surface area contributed by atoms with Crippen LogP contribution in [-0.2, 0) is 11.3 Å². The summed E-state index contributed by atoms with van der Waals surface area (Å²) in [6.07, 6.45) is 8.48. The molecular formula is C31H34N4O3. The molecule has 7 heteroatoms. The number of aromatic nitrogens is 3. The van der Waals surface area contributed by atoms with Crippen molar-refractivity contribution in [2.75, 3.05) is 13.1 Å². The van der Waals surface area contributed by atoms with Crippen molar-refractivity contribution >= 4 is 16.9 Å². The molecule has 0 bridgehead atoms. The van der Waals surface area contributed by atoms with Gasteiger partial charge >= 0.3 is 0 Å². The van der Waals surface area contributed by atoms with Crippen LogP contribution < -0.4 is 5.56 Å². The average Bonchev–Trinajstić information content (AvgIpc) is 3.40. The monoisotopic (exact) mass is 510 g/mol. The highest BCUT2D eigenvalue weighted by Crippen LogP contribution is 2.39. The van der Waals surface area contributed by atoms with E-state index in [-0.39, 0.29) is 29.8 Å². The molecule has 2 aliphatic rings. The highest BCUT2D eigenvalue weighted by atomic mass is 16.3. The normalized spacial score (nSPS) is 21.4. The highest BCUT2D eigenvalue weighted by molar-refractivity contribution is 5.80. The molecule has 4 aromatic rings. The number of para-hydroxylation sites is 1. The van der Waals surface area contributed by atoms with Crippen LogP contribution in [-0.4, -0.2) is 48.7 Å². The molecule has 0 spiro atoms. The fraction of sp³-hybridized carbons (Fsp3) is 0.387. The van der Waals surface area contributed by atoms with Crippen molar-refractivity contribution in [3.63, 3.8) is 0 Å². The lowest BCUT2D eigenvalue weighted by atomic mass is 9.74. The van der Waals surface area contributed by atoms with Crippen molar-refractivity contribution in [2.45, 2.75) is 56.6 Å². The first-order chi connectivity index (χ1) is 18.5. The molecule has 7 nitrogen and oxygen atoms in total. The minimum absolute atomic E-state index is 0.000204. The van der Waals surface area contributed by atoms with Crippen LogP contribution in [0.2, 0.25) is 0 Å². The standard InChI is InChI=1S/C31H34N4O3/c36-29(26-14-8-7-13-25(26)23-9-3-1-4-10-23)33-19-16-31(38,17-20-33)21-34-22-32-28-27(30(34)37)15-18-35(28)24-11-5-2-6-12-24/h1-6,9-12,15,18,22,25-26,38H,7-8,13-14,16-17,19-21H2/t25-,26+/m0/s1. The van der Waals surface area contributed by atoms with Gasteiger partial charge in [0.25, 0.3) is 5.56 Å². The first-order valence-electron chi connectivity index (χ1n) is 13.7. The van der Waals surface area contributed by atoms with Gasteiger partial charge in [-0.3, -0.25) is 14.2 Å². The first-order valence-corrected chi connectivity index (χ1v) is 13.7. The molecule has 0 radical (unpaired) electrons. The van der Waals surface area contributed by atoms with Crippen LogP contribution >= 0.6 is 0 Å². The summed E-state index contributed by atoms with van der Waals surface area (Å²) in [5, 5.41) is 11.9. The lowest BCUT2D eigenvalue weighted by molar-refractivity contribution is -0.142. The van der Waals surface area contributed by atoms with Crippen LogP contribution in [0.25, 0.3) is 16.7 Å². The molecule has 1 saturated carbocycles. The number of hydrogen-bond donors (Lipinski definition) is 1. The highest BCUT2D eigenvalue weighted by Gasteiger charge is 2.39. The third-order valence-electron chi connectivity index (χ3n) is 8.49. The lowest BCUT2D eigenvalue weighted by Crippen LogP contribution is -2.51. The molecule has 1 saturated heterocycles. The number of nitrogens with zero attached hydrogens (tertiary/aromatic N) is 4. The van der Waals surface area contributed by atoms with Crippen molar-refractivity contribution < 1.29 is 9.90 Å². The zero-order valence-electron chi connectivity index (χ0n) is 21.6. The fourth-order valence-corrected chi connectivity index (χ4v) is 6.34. The summed E-state index contributed by atoms with van der Waals surface area (Å²) < 4.78 is 3.41. The van der Waals surface area contributed by atoms with Crippen LogP contribution in [0, 0.1) is 5.92 Å². The summed E-state index contributed by atoms with van der Waals surface area (Å²) in [7, 11) is 0. The van der Waals surface area contributed by atoms with Gasteiger partial charge in [0.1, 0.15) is 6.33 Å². The van der Waals surface area contributed by atoms with E-state index < -0.39 is 5.60 Å². The van der Waals surface area contributed by atoms with E-state index in [0.29, 0.717) is 37.0 Å². The second-order valence-electron chi connectivity index (χ2n) is 10.9. The van der Waals surface area contributed by atoms with E-state index in [1.807, 2.05) is 52.1 Å². The van der Waals surface area contributed by atoms with Gasteiger partial charge in [-0.15, -0.1) is 0 Å². The topological polar surface area (TPSA) is 80.4 Å². The second-order valence-corrected chi connectivity index (χ2v) is 10.9. The summed E-state index contributed by atoms with van der Waals surface area (Å²) in [6.45, 7) is 1.17.